The van der Waals surface area contributed by atoms with Crippen molar-refractivity contribution in [3.63, 3.8) is 0 Å². The summed E-state index contributed by atoms with van der Waals surface area (Å²) in [6.45, 7) is 10.5. The van der Waals surface area contributed by atoms with Gasteiger partial charge in [0.2, 0.25) is 0 Å². The van der Waals surface area contributed by atoms with Crippen molar-refractivity contribution in [2.75, 3.05) is 13.3 Å². The van der Waals surface area contributed by atoms with Crippen LogP contribution in [-0.2, 0) is 4.74 Å². The molecule has 0 aliphatic carbocycles. The SMILES string of the molecule is CC1(C)COCNC(C)(C)C1. The molecular weight excluding hydrogens is 138 g/mol. The van der Waals surface area contributed by atoms with Crippen LogP contribution in [0.15, 0.2) is 0 Å². The van der Waals surface area contributed by atoms with E-state index in [0.717, 1.165) is 6.61 Å². The van der Waals surface area contributed by atoms with Crippen LogP contribution in [0.1, 0.15) is 34.1 Å². The first-order chi connectivity index (χ1) is 4.91. The Morgan fingerprint density at radius 1 is 1.18 bits per heavy atom. The maximum Gasteiger partial charge on any atom is 0.0969 e. The van der Waals surface area contributed by atoms with Gasteiger partial charge in [0.25, 0.3) is 0 Å². The number of hydrogen-bond donors (Lipinski definition) is 1. The van der Waals surface area contributed by atoms with Crippen molar-refractivity contribution < 1.29 is 4.74 Å². The molecule has 0 amide bonds. The van der Waals surface area contributed by atoms with E-state index in [9.17, 15) is 0 Å². The van der Waals surface area contributed by atoms with Crippen molar-refractivity contribution in [2.45, 2.75) is 39.7 Å². The van der Waals surface area contributed by atoms with Gasteiger partial charge in [-0.3, -0.25) is 5.32 Å². The highest BCUT2D eigenvalue weighted by molar-refractivity contribution is 4.86. The lowest BCUT2D eigenvalue weighted by molar-refractivity contribution is 0.0736. The third-order valence-corrected chi connectivity index (χ3v) is 2.07. The van der Waals surface area contributed by atoms with E-state index in [1.54, 1.807) is 0 Å². The summed E-state index contributed by atoms with van der Waals surface area (Å²) in [7, 11) is 0. The molecule has 0 radical (unpaired) electrons. The number of hydrogen-bond acceptors (Lipinski definition) is 2. The van der Waals surface area contributed by atoms with Gasteiger partial charge in [0.1, 0.15) is 0 Å². The summed E-state index contributed by atoms with van der Waals surface area (Å²) < 4.78 is 5.43. The molecule has 0 aromatic rings. The molecule has 0 saturated carbocycles. The first-order valence-corrected chi connectivity index (χ1v) is 4.24. The van der Waals surface area contributed by atoms with Crippen LogP contribution in [-0.4, -0.2) is 18.9 Å². The highest BCUT2D eigenvalue weighted by atomic mass is 16.5. The van der Waals surface area contributed by atoms with E-state index in [4.69, 9.17) is 4.74 Å². The number of ether oxygens (including phenoxy) is 1. The molecule has 1 aliphatic rings. The van der Waals surface area contributed by atoms with E-state index < -0.39 is 0 Å². The second-order valence-corrected chi connectivity index (χ2v) is 4.89. The van der Waals surface area contributed by atoms with Gasteiger partial charge in [-0.15, -0.1) is 0 Å². The third-order valence-electron chi connectivity index (χ3n) is 2.07. The van der Waals surface area contributed by atoms with Crippen molar-refractivity contribution in [3.05, 3.63) is 0 Å². The van der Waals surface area contributed by atoms with Gasteiger partial charge in [-0.05, 0) is 25.7 Å². The third kappa shape index (κ3) is 2.80. The van der Waals surface area contributed by atoms with Gasteiger partial charge in [0.15, 0.2) is 0 Å². The summed E-state index contributed by atoms with van der Waals surface area (Å²) >= 11 is 0. The molecule has 0 unspecified atom stereocenters. The van der Waals surface area contributed by atoms with Crippen molar-refractivity contribution in [1.29, 1.82) is 0 Å². The van der Waals surface area contributed by atoms with E-state index in [2.05, 4.69) is 33.0 Å². The molecule has 0 spiro atoms. The van der Waals surface area contributed by atoms with Gasteiger partial charge >= 0.3 is 0 Å². The average molecular weight is 157 g/mol. The van der Waals surface area contributed by atoms with Crippen molar-refractivity contribution in [2.24, 2.45) is 5.41 Å². The molecule has 1 fully saturated rings. The van der Waals surface area contributed by atoms with Gasteiger partial charge in [0.05, 0.1) is 13.3 Å². The molecular formula is C9H19NO. The second kappa shape index (κ2) is 2.76. The molecule has 1 N–H and O–H groups in total. The van der Waals surface area contributed by atoms with E-state index in [0.29, 0.717) is 12.1 Å². The smallest absolute Gasteiger partial charge is 0.0969 e. The van der Waals surface area contributed by atoms with Crippen LogP contribution in [0.25, 0.3) is 0 Å². The summed E-state index contributed by atoms with van der Waals surface area (Å²) in [5.41, 5.74) is 0.535. The van der Waals surface area contributed by atoms with Crippen LogP contribution < -0.4 is 5.32 Å². The fourth-order valence-electron chi connectivity index (χ4n) is 1.88. The standard InChI is InChI=1S/C9H19NO/c1-8(2)5-9(3,4)10-7-11-6-8/h10H,5-7H2,1-4H3. The van der Waals surface area contributed by atoms with Crippen LogP contribution >= 0.6 is 0 Å². The zero-order valence-electron chi connectivity index (χ0n) is 8.03. The molecule has 1 heterocycles. The monoisotopic (exact) mass is 157 g/mol. The molecule has 0 atom stereocenters. The molecule has 0 aromatic carbocycles. The lowest BCUT2D eigenvalue weighted by Gasteiger charge is -2.30. The summed E-state index contributed by atoms with van der Waals surface area (Å²) in [6, 6.07) is 0. The fourth-order valence-corrected chi connectivity index (χ4v) is 1.88. The van der Waals surface area contributed by atoms with Crippen LogP contribution in [0, 0.1) is 5.41 Å². The quantitative estimate of drug-likeness (QED) is 0.578. The van der Waals surface area contributed by atoms with Gasteiger partial charge < -0.3 is 4.74 Å². The number of rotatable bonds is 0. The summed E-state index contributed by atoms with van der Waals surface area (Å²) in [5.74, 6) is 0. The fraction of sp³-hybridized carbons (Fsp3) is 1.00. The van der Waals surface area contributed by atoms with Gasteiger partial charge in [0, 0.05) is 5.54 Å². The van der Waals surface area contributed by atoms with E-state index >= 15 is 0 Å². The molecule has 11 heavy (non-hydrogen) atoms. The molecule has 2 heteroatoms. The minimum absolute atomic E-state index is 0.222. The Balaban J connectivity index is 2.62. The molecule has 0 bridgehead atoms. The highest BCUT2D eigenvalue weighted by Crippen LogP contribution is 2.29. The summed E-state index contributed by atoms with van der Waals surface area (Å²) in [4.78, 5) is 0. The van der Waals surface area contributed by atoms with Crippen LogP contribution in [0.4, 0.5) is 0 Å². The first-order valence-electron chi connectivity index (χ1n) is 4.24. The van der Waals surface area contributed by atoms with Gasteiger partial charge in [-0.2, -0.15) is 0 Å². The largest absolute Gasteiger partial charge is 0.366 e. The number of nitrogens with one attached hydrogen (secondary N) is 1. The first kappa shape index (κ1) is 9.01. The summed E-state index contributed by atoms with van der Waals surface area (Å²) in [5, 5.41) is 3.35. The predicted octanol–water partition coefficient (Wildman–Crippen LogP) is 1.76. The minimum atomic E-state index is 0.222. The maximum absolute atomic E-state index is 5.43. The van der Waals surface area contributed by atoms with Crippen LogP contribution in [0.2, 0.25) is 0 Å². The van der Waals surface area contributed by atoms with Gasteiger partial charge in [-0.25, -0.2) is 0 Å². The second-order valence-electron chi connectivity index (χ2n) is 4.89. The Labute approximate surface area is 69.3 Å². The molecule has 0 aromatic heterocycles. The zero-order chi connectivity index (χ0) is 8.54. The molecule has 1 rings (SSSR count). The van der Waals surface area contributed by atoms with Crippen molar-refractivity contribution in [3.8, 4) is 0 Å². The lowest BCUT2D eigenvalue weighted by atomic mass is 9.81. The van der Waals surface area contributed by atoms with Crippen molar-refractivity contribution >= 4 is 0 Å². The average Bonchev–Trinajstić information content (AvgIpc) is 1.86. The van der Waals surface area contributed by atoms with Crippen molar-refractivity contribution in [1.82, 2.24) is 5.32 Å². The minimum Gasteiger partial charge on any atom is -0.366 e. The van der Waals surface area contributed by atoms with E-state index in [1.165, 1.54) is 6.42 Å². The predicted molar refractivity (Wildman–Crippen MR) is 46.4 cm³/mol. The van der Waals surface area contributed by atoms with E-state index in [1.807, 2.05) is 0 Å². The highest BCUT2D eigenvalue weighted by Gasteiger charge is 2.31. The molecule has 66 valence electrons. The van der Waals surface area contributed by atoms with Gasteiger partial charge in [-0.1, -0.05) is 13.8 Å². The summed E-state index contributed by atoms with van der Waals surface area (Å²) in [6.07, 6.45) is 1.17. The topological polar surface area (TPSA) is 21.3 Å². The van der Waals surface area contributed by atoms with Crippen LogP contribution in [0.3, 0.4) is 0 Å². The lowest BCUT2D eigenvalue weighted by Crippen LogP contribution is -2.40. The Bertz CT molecular complexity index is 124. The van der Waals surface area contributed by atoms with E-state index in [-0.39, 0.29) is 5.54 Å². The van der Waals surface area contributed by atoms with Crippen LogP contribution in [0.5, 0.6) is 0 Å². The molecule has 1 saturated heterocycles. The normalized spacial score (nSPS) is 29.5. The molecule has 2 nitrogen and oxygen atoms in total. The Morgan fingerprint density at radius 3 is 2.45 bits per heavy atom. The zero-order valence-corrected chi connectivity index (χ0v) is 8.03. The Morgan fingerprint density at radius 2 is 1.82 bits per heavy atom. The Hall–Kier alpha value is -0.0800. The molecule has 1 aliphatic heterocycles. The Kier molecular flexibility index (Phi) is 2.26. The maximum atomic E-state index is 5.43.